The number of hydrogen-bond donors (Lipinski definition) is 1. The molecule has 1 amide bonds. The highest BCUT2D eigenvalue weighted by Crippen LogP contribution is 2.26. The van der Waals surface area contributed by atoms with Crippen molar-refractivity contribution in [2.75, 3.05) is 20.8 Å². The van der Waals surface area contributed by atoms with Crippen molar-refractivity contribution in [2.24, 2.45) is 11.8 Å². The van der Waals surface area contributed by atoms with Crippen molar-refractivity contribution in [3.05, 3.63) is 21.9 Å². The van der Waals surface area contributed by atoms with Gasteiger partial charge in [-0.15, -0.1) is 11.3 Å². The average Bonchev–Trinajstić information content (AvgIpc) is 2.96. The van der Waals surface area contributed by atoms with E-state index in [4.69, 9.17) is 9.47 Å². The second kappa shape index (κ2) is 8.10. The van der Waals surface area contributed by atoms with Gasteiger partial charge in [0.1, 0.15) is 5.92 Å². The maximum Gasteiger partial charge on any atom is 0.338 e. The number of ether oxygens (including phenoxy) is 2. The van der Waals surface area contributed by atoms with Crippen LogP contribution in [0.3, 0.4) is 0 Å². The van der Waals surface area contributed by atoms with E-state index in [-0.39, 0.29) is 17.8 Å². The summed E-state index contributed by atoms with van der Waals surface area (Å²) in [5.74, 6) is -1.51. The number of carbonyl (C=O) groups is 3. The summed E-state index contributed by atoms with van der Waals surface area (Å²) in [6, 6.07) is 1.84. The molecule has 7 heteroatoms. The SMILES string of the molecule is COC(=O)c1csc(CCC2CCNC(=O)C(C(=O)OC)C2)c1. The first-order chi connectivity index (χ1) is 11.0. The number of methoxy groups -OCH3 is 2. The topological polar surface area (TPSA) is 81.7 Å². The van der Waals surface area contributed by atoms with Crippen LogP contribution in [-0.4, -0.2) is 38.6 Å². The quantitative estimate of drug-likeness (QED) is 0.653. The van der Waals surface area contributed by atoms with Gasteiger partial charge in [-0.2, -0.15) is 0 Å². The van der Waals surface area contributed by atoms with Crippen molar-refractivity contribution in [1.82, 2.24) is 5.32 Å². The summed E-state index contributed by atoms with van der Waals surface area (Å²) in [4.78, 5) is 36.2. The van der Waals surface area contributed by atoms with E-state index >= 15 is 0 Å². The number of thiophene rings is 1. The van der Waals surface area contributed by atoms with Crippen LogP contribution in [0.1, 0.15) is 34.5 Å². The lowest BCUT2D eigenvalue weighted by Crippen LogP contribution is -2.34. The maximum atomic E-state index is 11.9. The third-order valence-electron chi connectivity index (χ3n) is 4.10. The van der Waals surface area contributed by atoms with Crippen LogP contribution in [0.25, 0.3) is 0 Å². The first-order valence-electron chi connectivity index (χ1n) is 7.56. The molecule has 0 aliphatic carbocycles. The molecule has 1 N–H and O–H groups in total. The minimum Gasteiger partial charge on any atom is -0.468 e. The molecule has 1 aromatic heterocycles. The van der Waals surface area contributed by atoms with Crippen molar-refractivity contribution in [1.29, 1.82) is 0 Å². The molecule has 2 unspecified atom stereocenters. The molecule has 2 rings (SSSR count). The number of nitrogens with one attached hydrogen (secondary N) is 1. The third-order valence-corrected chi connectivity index (χ3v) is 5.09. The second-order valence-corrected chi connectivity index (χ2v) is 6.58. The second-order valence-electron chi connectivity index (χ2n) is 5.59. The Kier molecular flexibility index (Phi) is 6.15. The molecule has 1 aromatic rings. The molecule has 0 saturated carbocycles. The predicted octanol–water partition coefficient (Wildman–Crippen LogP) is 1.78. The van der Waals surface area contributed by atoms with Gasteiger partial charge >= 0.3 is 11.9 Å². The number of amides is 1. The van der Waals surface area contributed by atoms with E-state index in [2.05, 4.69) is 5.32 Å². The van der Waals surface area contributed by atoms with E-state index < -0.39 is 11.9 Å². The molecule has 2 heterocycles. The molecule has 0 radical (unpaired) electrons. The molecule has 0 bridgehead atoms. The standard InChI is InChI=1S/C16H21NO5S/c1-21-15(19)11-8-12(23-9-11)4-3-10-5-6-17-14(18)13(7-10)16(20)22-2/h8-10,13H,3-7H2,1-2H3,(H,17,18). The Bertz CT molecular complexity index is 583. The van der Waals surface area contributed by atoms with Crippen molar-refractivity contribution in [2.45, 2.75) is 25.7 Å². The van der Waals surface area contributed by atoms with Crippen LogP contribution in [0.5, 0.6) is 0 Å². The zero-order chi connectivity index (χ0) is 16.8. The van der Waals surface area contributed by atoms with Crippen LogP contribution in [0, 0.1) is 11.8 Å². The van der Waals surface area contributed by atoms with Crippen LogP contribution in [0.2, 0.25) is 0 Å². The molecule has 1 fully saturated rings. The Hall–Kier alpha value is -1.89. The summed E-state index contributed by atoms with van der Waals surface area (Å²) < 4.78 is 9.42. The fourth-order valence-corrected chi connectivity index (χ4v) is 3.64. The van der Waals surface area contributed by atoms with Gasteiger partial charge in [-0.3, -0.25) is 9.59 Å². The molecule has 23 heavy (non-hydrogen) atoms. The highest BCUT2D eigenvalue weighted by Gasteiger charge is 2.32. The Balaban J connectivity index is 1.94. The van der Waals surface area contributed by atoms with Crippen molar-refractivity contribution in [3.8, 4) is 0 Å². The summed E-state index contributed by atoms with van der Waals surface area (Å²) >= 11 is 1.52. The van der Waals surface area contributed by atoms with Gasteiger partial charge in [0.15, 0.2) is 0 Å². The maximum absolute atomic E-state index is 11.9. The molecular weight excluding hydrogens is 318 g/mol. The molecule has 0 spiro atoms. The molecule has 126 valence electrons. The van der Waals surface area contributed by atoms with Gasteiger partial charge in [0.2, 0.25) is 5.91 Å². The summed E-state index contributed by atoms with van der Waals surface area (Å²) in [7, 11) is 2.66. The Morgan fingerprint density at radius 3 is 2.83 bits per heavy atom. The van der Waals surface area contributed by atoms with E-state index in [1.165, 1.54) is 25.6 Å². The van der Waals surface area contributed by atoms with Gasteiger partial charge in [-0.05, 0) is 37.7 Å². The zero-order valence-corrected chi connectivity index (χ0v) is 14.1. The molecule has 1 saturated heterocycles. The van der Waals surface area contributed by atoms with E-state index in [1.54, 1.807) is 5.38 Å². The highest BCUT2D eigenvalue weighted by atomic mass is 32.1. The number of rotatable bonds is 5. The van der Waals surface area contributed by atoms with E-state index in [1.807, 2.05) is 6.07 Å². The number of carbonyl (C=O) groups excluding carboxylic acids is 3. The normalized spacial score (nSPS) is 21.2. The van der Waals surface area contributed by atoms with E-state index in [0.717, 1.165) is 24.1 Å². The van der Waals surface area contributed by atoms with Crippen LogP contribution >= 0.6 is 11.3 Å². The van der Waals surface area contributed by atoms with Gasteiger partial charge < -0.3 is 14.8 Å². The molecule has 2 atom stereocenters. The van der Waals surface area contributed by atoms with E-state index in [9.17, 15) is 14.4 Å². The van der Waals surface area contributed by atoms with Crippen LogP contribution in [-0.2, 0) is 25.5 Å². The summed E-state index contributed by atoms with van der Waals surface area (Å²) in [5, 5.41) is 4.55. The molecule has 6 nitrogen and oxygen atoms in total. The lowest BCUT2D eigenvalue weighted by Gasteiger charge is -2.16. The Labute approximate surface area is 139 Å². The lowest BCUT2D eigenvalue weighted by atomic mass is 9.89. The fourth-order valence-electron chi connectivity index (χ4n) is 2.77. The number of aryl methyl sites for hydroxylation is 1. The number of hydrogen-bond acceptors (Lipinski definition) is 6. The van der Waals surface area contributed by atoms with Crippen molar-refractivity contribution in [3.63, 3.8) is 0 Å². The summed E-state index contributed by atoms with van der Waals surface area (Å²) in [6.07, 6.45) is 3.03. The van der Waals surface area contributed by atoms with Gasteiger partial charge in [0, 0.05) is 16.8 Å². The average molecular weight is 339 g/mol. The largest absolute Gasteiger partial charge is 0.468 e. The summed E-state index contributed by atoms with van der Waals surface area (Å²) in [5.41, 5.74) is 0.567. The lowest BCUT2D eigenvalue weighted by molar-refractivity contribution is -0.150. The molecule has 1 aliphatic rings. The predicted molar refractivity (Wildman–Crippen MR) is 85.2 cm³/mol. The van der Waals surface area contributed by atoms with Crippen LogP contribution < -0.4 is 5.32 Å². The van der Waals surface area contributed by atoms with Crippen LogP contribution in [0.4, 0.5) is 0 Å². The monoisotopic (exact) mass is 339 g/mol. The molecule has 1 aliphatic heterocycles. The Morgan fingerprint density at radius 2 is 2.13 bits per heavy atom. The van der Waals surface area contributed by atoms with Gasteiger partial charge in [0.05, 0.1) is 19.8 Å². The third kappa shape index (κ3) is 4.54. The van der Waals surface area contributed by atoms with Gasteiger partial charge in [-0.25, -0.2) is 4.79 Å². The minimum absolute atomic E-state index is 0.247. The number of esters is 2. The Morgan fingerprint density at radius 1 is 1.35 bits per heavy atom. The van der Waals surface area contributed by atoms with Crippen molar-refractivity contribution >= 4 is 29.2 Å². The van der Waals surface area contributed by atoms with Crippen LogP contribution in [0.15, 0.2) is 11.4 Å². The minimum atomic E-state index is -0.721. The smallest absolute Gasteiger partial charge is 0.338 e. The van der Waals surface area contributed by atoms with E-state index in [0.29, 0.717) is 18.5 Å². The van der Waals surface area contributed by atoms with Gasteiger partial charge in [0.25, 0.3) is 0 Å². The van der Waals surface area contributed by atoms with Gasteiger partial charge in [-0.1, -0.05) is 0 Å². The highest BCUT2D eigenvalue weighted by molar-refractivity contribution is 7.10. The molecule has 0 aromatic carbocycles. The summed E-state index contributed by atoms with van der Waals surface area (Å²) in [6.45, 7) is 0.578. The fraction of sp³-hybridized carbons (Fsp3) is 0.562. The molecular formula is C16H21NO5S. The zero-order valence-electron chi connectivity index (χ0n) is 13.3. The first kappa shape index (κ1) is 17.5. The first-order valence-corrected chi connectivity index (χ1v) is 8.44. The van der Waals surface area contributed by atoms with Crippen molar-refractivity contribution < 1.29 is 23.9 Å².